The van der Waals surface area contributed by atoms with Crippen molar-refractivity contribution >= 4 is 22.9 Å². The fourth-order valence-corrected chi connectivity index (χ4v) is 3.79. The molecular formula is C22H24ClNO3S. The molecule has 1 aromatic heterocycles. The first-order valence-corrected chi connectivity index (χ1v) is 10.3. The van der Waals surface area contributed by atoms with E-state index in [0.29, 0.717) is 29.7 Å². The molecule has 3 aromatic rings. The van der Waals surface area contributed by atoms with Crippen molar-refractivity contribution < 1.29 is 14.6 Å². The maximum Gasteiger partial charge on any atom is 0.180 e. The van der Waals surface area contributed by atoms with E-state index >= 15 is 0 Å². The highest BCUT2D eigenvalue weighted by Crippen LogP contribution is 2.37. The Morgan fingerprint density at radius 3 is 2.61 bits per heavy atom. The molecule has 0 saturated carbocycles. The largest absolute Gasteiger partial charge is 0.493 e. The zero-order valence-corrected chi connectivity index (χ0v) is 17.5. The lowest BCUT2D eigenvalue weighted by atomic mass is 10.0. The molecule has 0 radical (unpaired) electrons. The van der Waals surface area contributed by atoms with Crippen molar-refractivity contribution in [1.29, 1.82) is 0 Å². The summed E-state index contributed by atoms with van der Waals surface area (Å²) in [5, 5.41) is 16.4. The van der Waals surface area contributed by atoms with E-state index in [-0.39, 0.29) is 6.04 Å². The maximum absolute atomic E-state index is 10.5. The molecule has 0 saturated heterocycles. The molecule has 0 aliphatic rings. The van der Waals surface area contributed by atoms with Crippen LogP contribution in [0.25, 0.3) is 0 Å². The average Bonchev–Trinajstić information content (AvgIpc) is 3.24. The lowest BCUT2D eigenvalue weighted by Crippen LogP contribution is -2.31. The predicted octanol–water partition coefficient (Wildman–Crippen LogP) is 5.20. The van der Waals surface area contributed by atoms with Crippen molar-refractivity contribution in [3.8, 4) is 11.5 Å². The summed E-state index contributed by atoms with van der Waals surface area (Å²) in [6.07, 6.45) is -0.591. The van der Waals surface area contributed by atoms with Gasteiger partial charge in [0.1, 0.15) is 6.61 Å². The van der Waals surface area contributed by atoms with Crippen LogP contribution >= 0.6 is 22.9 Å². The SMILES string of the molecule is COc1cc(CNC(C)C(O)c2ccccc2)cc(Cl)c1OCc1cccs1. The lowest BCUT2D eigenvalue weighted by molar-refractivity contribution is 0.135. The first kappa shape index (κ1) is 20.7. The van der Waals surface area contributed by atoms with Crippen LogP contribution in [0.15, 0.2) is 60.0 Å². The van der Waals surface area contributed by atoms with E-state index in [4.69, 9.17) is 21.1 Å². The summed E-state index contributed by atoms with van der Waals surface area (Å²) < 4.78 is 11.4. The quantitative estimate of drug-likeness (QED) is 0.502. The van der Waals surface area contributed by atoms with Gasteiger partial charge in [-0.05, 0) is 41.6 Å². The van der Waals surface area contributed by atoms with Crippen LogP contribution in [0.4, 0.5) is 0 Å². The minimum absolute atomic E-state index is 0.123. The zero-order chi connectivity index (χ0) is 19.9. The predicted molar refractivity (Wildman–Crippen MR) is 114 cm³/mol. The Labute approximate surface area is 174 Å². The van der Waals surface area contributed by atoms with E-state index < -0.39 is 6.10 Å². The molecule has 0 bridgehead atoms. The van der Waals surface area contributed by atoms with Crippen LogP contribution in [0.3, 0.4) is 0 Å². The molecular weight excluding hydrogens is 394 g/mol. The molecule has 4 nitrogen and oxygen atoms in total. The van der Waals surface area contributed by atoms with Gasteiger partial charge < -0.3 is 19.9 Å². The minimum atomic E-state index is -0.591. The minimum Gasteiger partial charge on any atom is -0.493 e. The highest BCUT2D eigenvalue weighted by atomic mass is 35.5. The topological polar surface area (TPSA) is 50.7 Å². The van der Waals surface area contributed by atoms with Gasteiger partial charge in [0.25, 0.3) is 0 Å². The van der Waals surface area contributed by atoms with Crippen LogP contribution in [0, 0.1) is 0 Å². The van der Waals surface area contributed by atoms with Crippen molar-refractivity contribution in [1.82, 2.24) is 5.32 Å². The fraction of sp³-hybridized carbons (Fsp3) is 0.273. The van der Waals surface area contributed by atoms with E-state index in [1.54, 1.807) is 18.4 Å². The van der Waals surface area contributed by atoms with Crippen LogP contribution < -0.4 is 14.8 Å². The second kappa shape index (κ2) is 9.94. The van der Waals surface area contributed by atoms with Crippen LogP contribution in [-0.4, -0.2) is 18.3 Å². The van der Waals surface area contributed by atoms with Crippen LogP contribution in [0.2, 0.25) is 5.02 Å². The van der Waals surface area contributed by atoms with Crippen molar-refractivity contribution in [2.45, 2.75) is 32.2 Å². The smallest absolute Gasteiger partial charge is 0.180 e. The molecule has 0 aliphatic carbocycles. The Hall–Kier alpha value is -2.05. The number of hydrogen-bond acceptors (Lipinski definition) is 5. The van der Waals surface area contributed by atoms with Crippen LogP contribution in [-0.2, 0) is 13.2 Å². The molecule has 0 aliphatic heterocycles. The van der Waals surface area contributed by atoms with E-state index in [9.17, 15) is 5.11 Å². The van der Waals surface area contributed by atoms with Gasteiger partial charge in [-0.3, -0.25) is 0 Å². The summed E-state index contributed by atoms with van der Waals surface area (Å²) in [5.41, 5.74) is 1.84. The van der Waals surface area contributed by atoms with Crippen molar-refractivity contribution in [3.05, 3.63) is 81.0 Å². The summed E-state index contributed by atoms with van der Waals surface area (Å²) in [6.45, 7) is 2.95. The number of aliphatic hydroxyl groups excluding tert-OH is 1. The van der Waals surface area contributed by atoms with Crippen molar-refractivity contribution in [2.24, 2.45) is 0 Å². The number of halogens is 1. The highest BCUT2D eigenvalue weighted by molar-refractivity contribution is 7.09. The monoisotopic (exact) mass is 417 g/mol. The number of ether oxygens (including phenoxy) is 2. The molecule has 2 N–H and O–H groups in total. The van der Waals surface area contributed by atoms with E-state index in [0.717, 1.165) is 16.0 Å². The second-order valence-electron chi connectivity index (χ2n) is 6.50. The third-order valence-electron chi connectivity index (χ3n) is 4.47. The Kier molecular flexibility index (Phi) is 7.34. The molecule has 2 unspecified atom stereocenters. The third-order valence-corrected chi connectivity index (χ3v) is 5.60. The molecule has 0 amide bonds. The van der Waals surface area contributed by atoms with Gasteiger partial charge in [-0.2, -0.15) is 0 Å². The summed E-state index contributed by atoms with van der Waals surface area (Å²) in [5.74, 6) is 1.14. The summed E-state index contributed by atoms with van der Waals surface area (Å²) in [7, 11) is 1.60. The molecule has 3 rings (SSSR count). The first-order chi connectivity index (χ1) is 13.6. The summed E-state index contributed by atoms with van der Waals surface area (Å²) in [6, 6.07) is 17.3. The molecule has 6 heteroatoms. The van der Waals surface area contributed by atoms with Gasteiger partial charge in [-0.25, -0.2) is 0 Å². The van der Waals surface area contributed by atoms with Gasteiger partial charge >= 0.3 is 0 Å². The number of nitrogens with one attached hydrogen (secondary N) is 1. The Balaban J connectivity index is 1.64. The molecule has 148 valence electrons. The Morgan fingerprint density at radius 1 is 1.14 bits per heavy atom. The maximum atomic E-state index is 10.5. The average molecular weight is 418 g/mol. The van der Waals surface area contributed by atoms with Gasteiger partial charge in [-0.1, -0.05) is 48.0 Å². The first-order valence-electron chi connectivity index (χ1n) is 9.06. The number of hydrogen-bond donors (Lipinski definition) is 2. The van der Waals surface area contributed by atoms with Gasteiger partial charge in [-0.15, -0.1) is 11.3 Å². The summed E-state index contributed by atoms with van der Waals surface area (Å²) in [4.78, 5) is 1.12. The number of benzene rings is 2. The summed E-state index contributed by atoms with van der Waals surface area (Å²) >= 11 is 8.08. The van der Waals surface area contributed by atoms with Gasteiger partial charge in [0.2, 0.25) is 0 Å². The molecule has 28 heavy (non-hydrogen) atoms. The van der Waals surface area contributed by atoms with Gasteiger partial charge in [0, 0.05) is 17.5 Å². The molecule has 2 atom stereocenters. The fourth-order valence-electron chi connectivity index (χ4n) is 2.88. The Bertz CT molecular complexity index is 871. The normalized spacial score (nSPS) is 13.1. The lowest BCUT2D eigenvalue weighted by Gasteiger charge is -2.21. The molecule has 0 fully saturated rings. The van der Waals surface area contributed by atoms with Crippen molar-refractivity contribution in [2.75, 3.05) is 7.11 Å². The highest BCUT2D eigenvalue weighted by Gasteiger charge is 2.17. The number of aliphatic hydroxyl groups is 1. The molecule has 2 aromatic carbocycles. The zero-order valence-electron chi connectivity index (χ0n) is 15.9. The van der Waals surface area contributed by atoms with E-state index in [1.165, 1.54) is 0 Å². The number of methoxy groups -OCH3 is 1. The second-order valence-corrected chi connectivity index (χ2v) is 7.94. The Morgan fingerprint density at radius 2 is 1.93 bits per heavy atom. The van der Waals surface area contributed by atoms with Crippen LogP contribution in [0.1, 0.15) is 29.0 Å². The van der Waals surface area contributed by atoms with E-state index in [1.807, 2.05) is 66.9 Å². The van der Waals surface area contributed by atoms with Crippen LogP contribution in [0.5, 0.6) is 11.5 Å². The van der Waals surface area contributed by atoms with Gasteiger partial charge in [0.05, 0.1) is 18.2 Å². The van der Waals surface area contributed by atoms with E-state index in [2.05, 4.69) is 5.32 Å². The molecule has 0 spiro atoms. The van der Waals surface area contributed by atoms with Crippen molar-refractivity contribution in [3.63, 3.8) is 0 Å². The number of rotatable bonds is 9. The third kappa shape index (κ3) is 5.26. The van der Waals surface area contributed by atoms with Gasteiger partial charge in [0.15, 0.2) is 11.5 Å². The number of thiophene rings is 1. The standard InChI is InChI=1S/C22H24ClNO3S/c1-15(21(25)17-7-4-3-5-8-17)24-13-16-11-19(23)22(20(12-16)26-2)27-14-18-9-6-10-28-18/h3-12,15,21,24-25H,13-14H2,1-2H3. The molecule has 1 heterocycles.